The minimum atomic E-state index is -0.610. The van der Waals surface area contributed by atoms with Crippen LogP contribution in [0.1, 0.15) is 25.6 Å². The predicted octanol–water partition coefficient (Wildman–Crippen LogP) is -0.805. The SMILES string of the molecule is CC(C)(N)c1noc(CN2CCNC(=O)C2)n1. The van der Waals surface area contributed by atoms with E-state index < -0.39 is 5.54 Å². The summed E-state index contributed by atoms with van der Waals surface area (Å²) in [5, 5.41) is 6.59. The monoisotopic (exact) mass is 239 g/mol. The summed E-state index contributed by atoms with van der Waals surface area (Å²) in [5.74, 6) is 0.998. The van der Waals surface area contributed by atoms with Crippen molar-refractivity contribution in [1.82, 2.24) is 20.4 Å². The molecular weight excluding hydrogens is 222 g/mol. The van der Waals surface area contributed by atoms with Gasteiger partial charge < -0.3 is 15.6 Å². The molecule has 17 heavy (non-hydrogen) atoms. The highest BCUT2D eigenvalue weighted by Gasteiger charge is 2.23. The van der Waals surface area contributed by atoms with Gasteiger partial charge in [-0.2, -0.15) is 4.98 Å². The van der Waals surface area contributed by atoms with E-state index in [0.29, 0.717) is 31.3 Å². The van der Waals surface area contributed by atoms with Gasteiger partial charge in [-0.15, -0.1) is 0 Å². The van der Waals surface area contributed by atoms with Gasteiger partial charge in [-0.25, -0.2) is 0 Å². The van der Waals surface area contributed by atoms with E-state index in [9.17, 15) is 4.79 Å². The third-order valence-corrected chi connectivity index (χ3v) is 2.52. The molecule has 1 aliphatic rings. The molecule has 0 aliphatic carbocycles. The van der Waals surface area contributed by atoms with Gasteiger partial charge in [-0.05, 0) is 13.8 Å². The summed E-state index contributed by atoms with van der Waals surface area (Å²) in [6.07, 6.45) is 0. The normalized spacial score (nSPS) is 18.2. The molecule has 1 aromatic heterocycles. The number of carbonyl (C=O) groups excluding carboxylic acids is 1. The smallest absolute Gasteiger partial charge is 0.240 e. The van der Waals surface area contributed by atoms with Crippen LogP contribution in [0.15, 0.2) is 4.52 Å². The average molecular weight is 239 g/mol. The van der Waals surface area contributed by atoms with E-state index in [1.54, 1.807) is 0 Å². The van der Waals surface area contributed by atoms with Gasteiger partial charge >= 0.3 is 0 Å². The molecule has 3 N–H and O–H groups in total. The van der Waals surface area contributed by atoms with Gasteiger partial charge in [-0.1, -0.05) is 5.16 Å². The highest BCUT2D eigenvalue weighted by atomic mass is 16.5. The van der Waals surface area contributed by atoms with Crippen molar-refractivity contribution in [3.63, 3.8) is 0 Å². The third-order valence-electron chi connectivity index (χ3n) is 2.52. The first kappa shape index (κ1) is 12.0. The van der Waals surface area contributed by atoms with Crippen molar-refractivity contribution in [3.05, 3.63) is 11.7 Å². The van der Waals surface area contributed by atoms with Gasteiger partial charge in [0.05, 0.1) is 18.6 Å². The Hall–Kier alpha value is -1.47. The van der Waals surface area contributed by atoms with Gasteiger partial charge in [0.1, 0.15) is 0 Å². The van der Waals surface area contributed by atoms with Gasteiger partial charge in [0, 0.05) is 13.1 Å². The van der Waals surface area contributed by atoms with Gasteiger partial charge in [-0.3, -0.25) is 9.69 Å². The lowest BCUT2D eigenvalue weighted by Crippen LogP contribution is -2.47. The topological polar surface area (TPSA) is 97.3 Å². The number of piperazine rings is 1. The van der Waals surface area contributed by atoms with Crippen LogP contribution >= 0.6 is 0 Å². The van der Waals surface area contributed by atoms with Crippen molar-refractivity contribution in [3.8, 4) is 0 Å². The highest BCUT2D eigenvalue weighted by Crippen LogP contribution is 2.13. The van der Waals surface area contributed by atoms with Crippen LogP contribution in [-0.2, 0) is 16.9 Å². The molecule has 2 heterocycles. The first-order valence-electron chi connectivity index (χ1n) is 5.56. The summed E-state index contributed by atoms with van der Waals surface area (Å²) in [7, 11) is 0. The van der Waals surface area contributed by atoms with Crippen molar-refractivity contribution in [2.45, 2.75) is 25.9 Å². The maximum absolute atomic E-state index is 11.2. The molecule has 1 aliphatic heterocycles. The van der Waals surface area contributed by atoms with E-state index in [4.69, 9.17) is 10.3 Å². The Morgan fingerprint density at radius 2 is 2.35 bits per heavy atom. The molecule has 0 radical (unpaired) electrons. The Kier molecular flexibility index (Phi) is 3.12. The number of aromatic nitrogens is 2. The largest absolute Gasteiger partial charge is 0.354 e. The van der Waals surface area contributed by atoms with Gasteiger partial charge in [0.2, 0.25) is 11.8 Å². The molecule has 0 atom stereocenters. The Bertz CT molecular complexity index is 409. The van der Waals surface area contributed by atoms with Crippen molar-refractivity contribution >= 4 is 5.91 Å². The molecule has 94 valence electrons. The Morgan fingerprint density at radius 3 is 2.94 bits per heavy atom. The summed E-state index contributed by atoms with van der Waals surface area (Å²) >= 11 is 0. The molecule has 7 heteroatoms. The predicted molar refractivity (Wildman–Crippen MR) is 59.8 cm³/mol. The fourth-order valence-electron chi connectivity index (χ4n) is 1.60. The van der Waals surface area contributed by atoms with Crippen LogP contribution in [0.4, 0.5) is 0 Å². The molecule has 0 bridgehead atoms. The number of rotatable bonds is 3. The summed E-state index contributed by atoms with van der Waals surface area (Å²) in [4.78, 5) is 17.4. The van der Waals surface area contributed by atoms with E-state index in [2.05, 4.69) is 15.5 Å². The van der Waals surface area contributed by atoms with Gasteiger partial charge in [0.25, 0.3) is 0 Å². The Balaban J connectivity index is 1.99. The number of amides is 1. The summed E-state index contributed by atoms with van der Waals surface area (Å²) in [6, 6.07) is 0. The summed E-state index contributed by atoms with van der Waals surface area (Å²) in [5.41, 5.74) is 5.25. The lowest BCUT2D eigenvalue weighted by molar-refractivity contribution is -0.124. The molecule has 7 nitrogen and oxygen atoms in total. The first-order chi connectivity index (χ1) is 7.95. The number of nitrogens with one attached hydrogen (secondary N) is 1. The second kappa shape index (κ2) is 4.42. The second-order valence-corrected chi connectivity index (χ2v) is 4.79. The van der Waals surface area contributed by atoms with E-state index >= 15 is 0 Å². The van der Waals surface area contributed by atoms with E-state index in [-0.39, 0.29) is 5.91 Å². The number of hydrogen-bond donors (Lipinski definition) is 2. The molecule has 0 aromatic carbocycles. The van der Waals surface area contributed by atoms with Crippen molar-refractivity contribution < 1.29 is 9.32 Å². The number of nitrogens with zero attached hydrogens (tertiary/aromatic N) is 3. The fourth-order valence-corrected chi connectivity index (χ4v) is 1.60. The molecule has 2 rings (SSSR count). The summed E-state index contributed by atoms with van der Waals surface area (Å²) < 4.78 is 5.11. The van der Waals surface area contributed by atoms with E-state index in [1.807, 2.05) is 18.7 Å². The third kappa shape index (κ3) is 3.01. The zero-order chi connectivity index (χ0) is 12.5. The minimum absolute atomic E-state index is 0.0233. The lowest BCUT2D eigenvalue weighted by atomic mass is 10.1. The standard InChI is InChI=1S/C10H17N5O2/c1-10(2,11)9-13-8(17-14-9)6-15-4-3-12-7(16)5-15/h3-6,11H2,1-2H3,(H,12,16). The molecule has 1 amide bonds. The quantitative estimate of drug-likeness (QED) is 0.716. The molecule has 1 aromatic rings. The van der Waals surface area contributed by atoms with Crippen LogP contribution in [0.25, 0.3) is 0 Å². The second-order valence-electron chi connectivity index (χ2n) is 4.79. The highest BCUT2D eigenvalue weighted by molar-refractivity contribution is 5.78. The zero-order valence-electron chi connectivity index (χ0n) is 10.1. The Labute approximate surface area is 99.3 Å². The Morgan fingerprint density at radius 1 is 1.59 bits per heavy atom. The van der Waals surface area contributed by atoms with Crippen molar-refractivity contribution in [2.24, 2.45) is 5.73 Å². The van der Waals surface area contributed by atoms with Crippen LogP contribution in [0.3, 0.4) is 0 Å². The fraction of sp³-hybridized carbons (Fsp3) is 0.700. The van der Waals surface area contributed by atoms with E-state index in [0.717, 1.165) is 6.54 Å². The zero-order valence-corrected chi connectivity index (χ0v) is 10.1. The molecule has 1 fully saturated rings. The maximum Gasteiger partial charge on any atom is 0.240 e. The minimum Gasteiger partial charge on any atom is -0.354 e. The number of hydrogen-bond acceptors (Lipinski definition) is 6. The molecule has 0 saturated carbocycles. The van der Waals surface area contributed by atoms with Gasteiger partial charge in [0.15, 0.2) is 5.82 Å². The van der Waals surface area contributed by atoms with Crippen molar-refractivity contribution in [2.75, 3.05) is 19.6 Å². The van der Waals surface area contributed by atoms with Crippen molar-refractivity contribution in [1.29, 1.82) is 0 Å². The van der Waals surface area contributed by atoms with Crippen LogP contribution in [0.2, 0.25) is 0 Å². The molecule has 0 unspecified atom stereocenters. The summed E-state index contributed by atoms with van der Waals surface area (Å²) in [6.45, 7) is 5.92. The number of carbonyl (C=O) groups is 1. The molecular formula is C10H17N5O2. The van der Waals surface area contributed by atoms with Crippen LogP contribution in [0.5, 0.6) is 0 Å². The average Bonchev–Trinajstić information content (AvgIpc) is 2.65. The van der Waals surface area contributed by atoms with E-state index in [1.165, 1.54) is 0 Å². The van der Waals surface area contributed by atoms with Crippen LogP contribution in [0, 0.1) is 0 Å². The number of nitrogens with two attached hydrogens (primary N) is 1. The lowest BCUT2D eigenvalue weighted by Gasteiger charge is -2.24. The first-order valence-corrected chi connectivity index (χ1v) is 5.56. The van der Waals surface area contributed by atoms with Crippen LogP contribution in [-0.4, -0.2) is 40.6 Å². The molecule has 1 saturated heterocycles. The van der Waals surface area contributed by atoms with Crippen LogP contribution < -0.4 is 11.1 Å². The maximum atomic E-state index is 11.2. The molecule has 0 spiro atoms.